The smallest absolute Gasteiger partial charge is 0.0482 e. The molecule has 0 spiro atoms. The molecule has 2 nitrogen and oxygen atoms in total. The first kappa shape index (κ1) is 18.0. The molecule has 1 aromatic heterocycles. The van der Waals surface area contributed by atoms with E-state index in [1.165, 1.54) is 35.0 Å². The highest BCUT2D eigenvalue weighted by atomic mass is 35.5. The fraction of sp³-hybridized carbons (Fsp3) is 0.364. The maximum Gasteiger partial charge on any atom is 0.0482 e. The fourth-order valence-corrected chi connectivity index (χ4v) is 4.20. The summed E-state index contributed by atoms with van der Waals surface area (Å²) in [6.07, 6.45) is 2.59. The Balaban J connectivity index is 0.00000182. The fourth-order valence-electron chi connectivity index (χ4n) is 4.20. The van der Waals surface area contributed by atoms with Gasteiger partial charge >= 0.3 is 0 Å². The second-order valence-corrected chi connectivity index (χ2v) is 7.19. The van der Waals surface area contributed by atoms with Crippen molar-refractivity contribution in [3.05, 3.63) is 71.9 Å². The summed E-state index contributed by atoms with van der Waals surface area (Å²) in [5.74, 6) is 0. The highest BCUT2D eigenvalue weighted by molar-refractivity contribution is 5.85. The summed E-state index contributed by atoms with van der Waals surface area (Å²) in [7, 11) is 0. The number of halogens is 1. The Morgan fingerprint density at radius 3 is 2.48 bits per heavy atom. The number of fused-ring (bicyclic) bond motifs is 1. The molecule has 3 aromatic rings. The summed E-state index contributed by atoms with van der Waals surface area (Å²) in [4.78, 5) is 2.70. The van der Waals surface area contributed by atoms with Crippen LogP contribution in [0.1, 0.15) is 31.0 Å². The van der Waals surface area contributed by atoms with Gasteiger partial charge in [0.2, 0.25) is 0 Å². The van der Waals surface area contributed by atoms with E-state index in [1.807, 2.05) is 0 Å². The Kier molecular flexibility index (Phi) is 5.51. The van der Waals surface area contributed by atoms with Crippen molar-refractivity contribution >= 4 is 23.3 Å². The van der Waals surface area contributed by atoms with Gasteiger partial charge in [-0.2, -0.15) is 0 Å². The SMILES string of the molecule is Cc1cc2ccccc2n1CC1CCC(C)N1Cc1ccccc1.Cl. The van der Waals surface area contributed by atoms with Crippen LogP contribution in [0.2, 0.25) is 0 Å². The minimum Gasteiger partial charge on any atom is -0.343 e. The molecule has 4 rings (SSSR count). The molecule has 0 saturated carbocycles. The summed E-state index contributed by atoms with van der Waals surface area (Å²) in [6, 6.07) is 23.2. The zero-order valence-corrected chi connectivity index (χ0v) is 15.9. The highest BCUT2D eigenvalue weighted by Gasteiger charge is 2.31. The molecule has 0 aliphatic carbocycles. The molecule has 0 N–H and O–H groups in total. The lowest BCUT2D eigenvalue weighted by atomic mass is 10.1. The van der Waals surface area contributed by atoms with Crippen LogP contribution >= 0.6 is 12.4 Å². The Morgan fingerprint density at radius 1 is 0.960 bits per heavy atom. The molecule has 0 radical (unpaired) electrons. The summed E-state index contributed by atoms with van der Waals surface area (Å²) in [5, 5.41) is 1.36. The van der Waals surface area contributed by atoms with Crippen LogP contribution in [0.3, 0.4) is 0 Å². The van der Waals surface area contributed by atoms with E-state index in [1.54, 1.807) is 0 Å². The quantitative estimate of drug-likeness (QED) is 0.607. The number of hydrogen-bond acceptors (Lipinski definition) is 1. The van der Waals surface area contributed by atoms with Crippen LogP contribution in [0.4, 0.5) is 0 Å². The van der Waals surface area contributed by atoms with Gasteiger partial charge in [-0.05, 0) is 49.8 Å². The molecule has 25 heavy (non-hydrogen) atoms. The van der Waals surface area contributed by atoms with Gasteiger partial charge in [0.05, 0.1) is 0 Å². The predicted molar refractivity (Wildman–Crippen MR) is 108 cm³/mol. The van der Waals surface area contributed by atoms with Crippen LogP contribution in [0.5, 0.6) is 0 Å². The van der Waals surface area contributed by atoms with Gasteiger partial charge in [0, 0.05) is 36.4 Å². The third-order valence-electron chi connectivity index (χ3n) is 5.57. The van der Waals surface area contributed by atoms with E-state index in [0.717, 1.165) is 13.1 Å². The number of para-hydroxylation sites is 1. The predicted octanol–water partition coefficient (Wildman–Crippen LogP) is 5.42. The van der Waals surface area contributed by atoms with Crippen molar-refractivity contribution in [3.63, 3.8) is 0 Å². The van der Waals surface area contributed by atoms with Crippen LogP contribution in [0.15, 0.2) is 60.7 Å². The van der Waals surface area contributed by atoms with Crippen molar-refractivity contribution in [2.45, 2.75) is 51.9 Å². The molecule has 2 heterocycles. The number of benzene rings is 2. The lowest BCUT2D eigenvalue weighted by Crippen LogP contribution is -2.36. The second kappa shape index (κ2) is 7.63. The summed E-state index contributed by atoms with van der Waals surface area (Å²) < 4.78 is 2.51. The maximum absolute atomic E-state index is 2.70. The number of aryl methyl sites for hydroxylation is 1. The first-order valence-electron chi connectivity index (χ1n) is 9.07. The van der Waals surface area contributed by atoms with Crippen LogP contribution in [-0.4, -0.2) is 21.6 Å². The second-order valence-electron chi connectivity index (χ2n) is 7.19. The van der Waals surface area contributed by atoms with Crippen molar-refractivity contribution in [1.82, 2.24) is 9.47 Å². The van der Waals surface area contributed by atoms with Crippen molar-refractivity contribution < 1.29 is 0 Å². The van der Waals surface area contributed by atoms with Crippen molar-refractivity contribution in [1.29, 1.82) is 0 Å². The third-order valence-corrected chi connectivity index (χ3v) is 5.57. The highest BCUT2D eigenvalue weighted by Crippen LogP contribution is 2.29. The lowest BCUT2D eigenvalue weighted by Gasteiger charge is -2.29. The zero-order valence-electron chi connectivity index (χ0n) is 15.1. The van der Waals surface area contributed by atoms with Crippen LogP contribution in [0.25, 0.3) is 10.9 Å². The summed E-state index contributed by atoms with van der Waals surface area (Å²) in [6.45, 7) is 6.77. The van der Waals surface area contributed by atoms with Gasteiger partial charge in [-0.15, -0.1) is 12.4 Å². The third kappa shape index (κ3) is 3.61. The van der Waals surface area contributed by atoms with Crippen molar-refractivity contribution in [2.75, 3.05) is 0 Å². The van der Waals surface area contributed by atoms with Crippen LogP contribution in [0, 0.1) is 6.92 Å². The Hall–Kier alpha value is -1.77. The average Bonchev–Trinajstić information content (AvgIpc) is 3.10. The molecule has 0 bridgehead atoms. The monoisotopic (exact) mass is 354 g/mol. The van der Waals surface area contributed by atoms with Gasteiger partial charge in [0.15, 0.2) is 0 Å². The normalized spacial score (nSPS) is 20.7. The molecule has 1 fully saturated rings. The Labute approximate surface area is 156 Å². The molecule has 132 valence electrons. The van der Waals surface area contributed by atoms with E-state index < -0.39 is 0 Å². The van der Waals surface area contributed by atoms with E-state index in [4.69, 9.17) is 0 Å². The zero-order chi connectivity index (χ0) is 16.5. The molecule has 3 heteroatoms. The Bertz CT molecular complexity index is 824. The lowest BCUT2D eigenvalue weighted by molar-refractivity contribution is 0.179. The Morgan fingerprint density at radius 2 is 1.68 bits per heavy atom. The number of aromatic nitrogens is 1. The number of hydrogen-bond donors (Lipinski definition) is 0. The van der Waals surface area contributed by atoms with E-state index in [-0.39, 0.29) is 12.4 Å². The van der Waals surface area contributed by atoms with Crippen molar-refractivity contribution in [2.24, 2.45) is 0 Å². The van der Waals surface area contributed by atoms with E-state index in [9.17, 15) is 0 Å². The van der Waals surface area contributed by atoms with E-state index in [0.29, 0.717) is 12.1 Å². The largest absolute Gasteiger partial charge is 0.343 e. The van der Waals surface area contributed by atoms with Crippen molar-refractivity contribution in [3.8, 4) is 0 Å². The molecule has 1 aliphatic heterocycles. The first-order chi connectivity index (χ1) is 11.7. The molecule has 1 saturated heterocycles. The molecule has 2 unspecified atom stereocenters. The molecular weight excluding hydrogens is 328 g/mol. The molecule has 1 aliphatic rings. The van der Waals surface area contributed by atoms with E-state index in [2.05, 4.69) is 84.0 Å². The minimum absolute atomic E-state index is 0. The minimum atomic E-state index is 0. The van der Waals surface area contributed by atoms with Gasteiger partial charge < -0.3 is 4.57 Å². The topological polar surface area (TPSA) is 8.17 Å². The first-order valence-corrected chi connectivity index (χ1v) is 9.07. The van der Waals surface area contributed by atoms with Crippen LogP contribution < -0.4 is 0 Å². The summed E-state index contributed by atoms with van der Waals surface area (Å²) in [5.41, 5.74) is 4.16. The average molecular weight is 355 g/mol. The van der Waals surface area contributed by atoms with E-state index >= 15 is 0 Å². The standard InChI is InChI=1S/C22H26N2.ClH/c1-17-12-13-21(23(17)15-19-8-4-3-5-9-19)16-24-18(2)14-20-10-6-7-11-22(20)24;/h3-11,14,17,21H,12-13,15-16H2,1-2H3;1H. The van der Waals surface area contributed by atoms with Crippen LogP contribution in [-0.2, 0) is 13.1 Å². The number of rotatable bonds is 4. The molecular formula is C22H27ClN2. The summed E-state index contributed by atoms with van der Waals surface area (Å²) >= 11 is 0. The van der Waals surface area contributed by atoms with Gasteiger partial charge in [0.1, 0.15) is 0 Å². The van der Waals surface area contributed by atoms with Gasteiger partial charge in [-0.3, -0.25) is 4.90 Å². The number of nitrogens with zero attached hydrogens (tertiary/aromatic N) is 2. The molecule has 2 aromatic carbocycles. The number of likely N-dealkylation sites (tertiary alicyclic amines) is 1. The van der Waals surface area contributed by atoms with Gasteiger partial charge in [-0.25, -0.2) is 0 Å². The van der Waals surface area contributed by atoms with Gasteiger partial charge in [0.25, 0.3) is 0 Å². The van der Waals surface area contributed by atoms with Gasteiger partial charge in [-0.1, -0.05) is 48.5 Å². The molecule has 2 atom stereocenters. The molecule has 0 amide bonds. The maximum atomic E-state index is 2.70.